The normalized spacial score (nSPS) is 15.5. The number of rotatable bonds is 5. The summed E-state index contributed by atoms with van der Waals surface area (Å²) in [6, 6.07) is 0.679. The molecular formula is C10H16N4. The van der Waals surface area contributed by atoms with Crippen LogP contribution in [-0.4, -0.2) is 29.1 Å². The van der Waals surface area contributed by atoms with E-state index in [0.29, 0.717) is 6.04 Å². The molecule has 2 N–H and O–H groups in total. The van der Waals surface area contributed by atoms with Crippen molar-refractivity contribution in [1.82, 2.24) is 9.97 Å². The van der Waals surface area contributed by atoms with Crippen molar-refractivity contribution >= 4 is 5.82 Å². The number of aromatic nitrogens is 2. The van der Waals surface area contributed by atoms with Gasteiger partial charge in [-0.2, -0.15) is 0 Å². The van der Waals surface area contributed by atoms with Gasteiger partial charge in [0.2, 0.25) is 0 Å². The fourth-order valence-corrected chi connectivity index (χ4v) is 1.57. The third-order valence-corrected chi connectivity index (χ3v) is 2.43. The molecule has 1 aromatic rings. The Hall–Kier alpha value is -1.16. The molecule has 76 valence electrons. The third-order valence-electron chi connectivity index (χ3n) is 2.43. The van der Waals surface area contributed by atoms with Crippen molar-refractivity contribution in [2.24, 2.45) is 5.73 Å². The topological polar surface area (TPSA) is 55.0 Å². The summed E-state index contributed by atoms with van der Waals surface area (Å²) in [5, 5.41) is 0. The lowest BCUT2D eigenvalue weighted by Gasteiger charge is -2.22. The zero-order chi connectivity index (χ0) is 9.80. The summed E-state index contributed by atoms with van der Waals surface area (Å²) >= 11 is 0. The summed E-state index contributed by atoms with van der Waals surface area (Å²) in [5.74, 6) is 0.989. The van der Waals surface area contributed by atoms with Gasteiger partial charge in [-0.05, 0) is 25.8 Å². The minimum Gasteiger partial charge on any atom is -0.352 e. The molecule has 2 rings (SSSR count). The lowest BCUT2D eigenvalue weighted by molar-refractivity contribution is 0.720. The Kier molecular flexibility index (Phi) is 2.93. The van der Waals surface area contributed by atoms with Crippen LogP contribution in [0.1, 0.15) is 19.3 Å². The first-order valence-corrected chi connectivity index (χ1v) is 5.14. The van der Waals surface area contributed by atoms with Crippen molar-refractivity contribution in [3.8, 4) is 0 Å². The molecule has 0 saturated heterocycles. The Labute approximate surface area is 84.2 Å². The van der Waals surface area contributed by atoms with Gasteiger partial charge >= 0.3 is 0 Å². The van der Waals surface area contributed by atoms with Crippen molar-refractivity contribution in [2.45, 2.75) is 25.3 Å². The number of nitrogens with two attached hydrogens (primary N) is 1. The molecule has 0 aromatic carbocycles. The lowest BCUT2D eigenvalue weighted by Crippen LogP contribution is -2.29. The van der Waals surface area contributed by atoms with E-state index in [1.54, 1.807) is 12.4 Å². The summed E-state index contributed by atoms with van der Waals surface area (Å²) in [6.07, 6.45) is 8.86. The van der Waals surface area contributed by atoms with Gasteiger partial charge in [0.1, 0.15) is 5.82 Å². The van der Waals surface area contributed by atoms with E-state index in [1.807, 2.05) is 6.20 Å². The van der Waals surface area contributed by atoms with E-state index in [1.165, 1.54) is 12.8 Å². The van der Waals surface area contributed by atoms with Crippen molar-refractivity contribution in [2.75, 3.05) is 18.0 Å². The van der Waals surface area contributed by atoms with Crippen LogP contribution in [0.15, 0.2) is 18.6 Å². The molecule has 0 amide bonds. The highest BCUT2D eigenvalue weighted by atomic mass is 15.2. The molecule has 0 bridgehead atoms. The van der Waals surface area contributed by atoms with Gasteiger partial charge in [-0.15, -0.1) is 0 Å². The highest BCUT2D eigenvalue weighted by molar-refractivity contribution is 5.38. The standard InChI is InChI=1S/C10H16N4/c11-4-1-7-14(9-2-3-9)10-8-12-5-6-13-10/h5-6,8-9H,1-4,7,11H2. The second kappa shape index (κ2) is 4.37. The number of hydrogen-bond donors (Lipinski definition) is 1. The molecule has 1 heterocycles. The fraction of sp³-hybridized carbons (Fsp3) is 0.600. The highest BCUT2D eigenvalue weighted by Crippen LogP contribution is 2.29. The van der Waals surface area contributed by atoms with Crippen molar-refractivity contribution in [3.63, 3.8) is 0 Å². The van der Waals surface area contributed by atoms with E-state index < -0.39 is 0 Å². The molecule has 4 nitrogen and oxygen atoms in total. The number of anilines is 1. The molecule has 1 fully saturated rings. The first-order valence-electron chi connectivity index (χ1n) is 5.14. The Balaban J connectivity index is 2.02. The average molecular weight is 192 g/mol. The first kappa shape index (κ1) is 9.40. The highest BCUT2D eigenvalue weighted by Gasteiger charge is 2.29. The molecule has 0 spiro atoms. The molecule has 1 aliphatic carbocycles. The first-order chi connectivity index (χ1) is 6.92. The van der Waals surface area contributed by atoms with Gasteiger partial charge < -0.3 is 10.6 Å². The fourth-order valence-electron chi connectivity index (χ4n) is 1.57. The second-order valence-electron chi connectivity index (χ2n) is 3.63. The SMILES string of the molecule is NCCCN(c1cnccn1)C1CC1. The van der Waals surface area contributed by atoms with Gasteiger partial charge in [0.15, 0.2) is 0 Å². The monoisotopic (exact) mass is 192 g/mol. The van der Waals surface area contributed by atoms with E-state index in [2.05, 4.69) is 14.9 Å². The van der Waals surface area contributed by atoms with Gasteiger partial charge in [-0.1, -0.05) is 0 Å². The van der Waals surface area contributed by atoms with Crippen molar-refractivity contribution in [3.05, 3.63) is 18.6 Å². The number of hydrogen-bond acceptors (Lipinski definition) is 4. The molecular weight excluding hydrogens is 176 g/mol. The van der Waals surface area contributed by atoms with Crippen LogP contribution in [0.2, 0.25) is 0 Å². The van der Waals surface area contributed by atoms with Gasteiger partial charge in [0, 0.05) is 25.0 Å². The predicted octanol–water partition coefficient (Wildman–Crippen LogP) is 0.794. The minimum absolute atomic E-state index is 0.679. The van der Waals surface area contributed by atoms with Gasteiger partial charge in [-0.3, -0.25) is 4.98 Å². The summed E-state index contributed by atoms with van der Waals surface area (Å²) < 4.78 is 0. The van der Waals surface area contributed by atoms with Crippen LogP contribution in [0.25, 0.3) is 0 Å². The van der Waals surface area contributed by atoms with E-state index >= 15 is 0 Å². The molecule has 0 unspecified atom stereocenters. The average Bonchev–Trinajstić information content (AvgIpc) is 3.04. The molecule has 1 aromatic heterocycles. The molecule has 1 aliphatic rings. The molecule has 4 heteroatoms. The molecule has 0 aliphatic heterocycles. The number of nitrogens with zero attached hydrogens (tertiary/aromatic N) is 3. The van der Waals surface area contributed by atoms with Crippen LogP contribution in [0.3, 0.4) is 0 Å². The van der Waals surface area contributed by atoms with Gasteiger partial charge in [0.25, 0.3) is 0 Å². The smallest absolute Gasteiger partial charge is 0.147 e. The molecule has 14 heavy (non-hydrogen) atoms. The Morgan fingerprint density at radius 2 is 2.29 bits per heavy atom. The van der Waals surface area contributed by atoms with E-state index in [4.69, 9.17) is 5.73 Å². The van der Waals surface area contributed by atoms with Crippen LogP contribution >= 0.6 is 0 Å². The van der Waals surface area contributed by atoms with Crippen molar-refractivity contribution < 1.29 is 0 Å². The van der Waals surface area contributed by atoms with Gasteiger partial charge in [-0.25, -0.2) is 4.98 Å². The predicted molar refractivity (Wildman–Crippen MR) is 56.1 cm³/mol. The Morgan fingerprint density at radius 3 is 2.86 bits per heavy atom. The van der Waals surface area contributed by atoms with Crippen LogP contribution in [0, 0.1) is 0 Å². The summed E-state index contributed by atoms with van der Waals surface area (Å²) in [7, 11) is 0. The Bertz CT molecular complexity index is 271. The second-order valence-corrected chi connectivity index (χ2v) is 3.63. The largest absolute Gasteiger partial charge is 0.352 e. The van der Waals surface area contributed by atoms with E-state index in [9.17, 15) is 0 Å². The molecule has 0 radical (unpaired) electrons. The quantitative estimate of drug-likeness (QED) is 0.749. The zero-order valence-electron chi connectivity index (χ0n) is 8.26. The minimum atomic E-state index is 0.679. The van der Waals surface area contributed by atoms with E-state index in [0.717, 1.165) is 25.3 Å². The summed E-state index contributed by atoms with van der Waals surface area (Å²) in [4.78, 5) is 10.7. The maximum Gasteiger partial charge on any atom is 0.147 e. The van der Waals surface area contributed by atoms with Crippen LogP contribution in [0.4, 0.5) is 5.82 Å². The Morgan fingerprint density at radius 1 is 1.43 bits per heavy atom. The summed E-state index contributed by atoms with van der Waals surface area (Å²) in [5.41, 5.74) is 5.51. The van der Waals surface area contributed by atoms with E-state index in [-0.39, 0.29) is 0 Å². The molecule has 0 atom stereocenters. The third kappa shape index (κ3) is 2.20. The zero-order valence-corrected chi connectivity index (χ0v) is 8.26. The van der Waals surface area contributed by atoms with Crippen LogP contribution < -0.4 is 10.6 Å². The molecule has 1 saturated carbocycles. The summed E-state index contributed by atoms with van der Waals surface area (Å²) in [6.45, 7) is 1.74. The lowest BCUT2D eigenvalue weighted by atomic mass is 10.3. The van der Waals surface area contributed by atoms with Crippen molar-refractivity contribution in [1.29, 1.82) is 0 Å². The maximum absolute atomic E-state index is 5.51. The van der Waals surface area contributed by atoms with Crippen LogP contribution in [0.5, 0.6) is 0 Å². The maximum atomic E-state index is 5.51. The van der Waals surface area contributed by atoms with Crippen LogP contribution in [-0.2, 0) is 0 Å². The van der Waals surface area contributed by atoms with Gasteiger partial charge in [0.05, 0.1) is 6.20 Å².